The maximum Gasteiger partial charge on any atom is 0.410 e. The van der Waals surface area contributed by atoms with Crippen molar-refractivity contribution in [1.29, 1.82) is 5.41 Å². The topological polar surface area (TPSA) is 108 Å². The Morgan fingerprint density at radius 1 is 1.13 bits per heavy atom. The van der Waals surface area contributed by atoms with Gasteiger partial charge in [-0.25, -0.2) is 9.78 Å². The van der Waals surface area contributed by atoms with Crippen LogP contribution in [0.2, 0.25) is 0 Å². The van der Waals surface area contributed by atoms with Crippen LogP contribution in [0.1, 0.15) is 39.3 Å². The Morgan fingerprint density at radius 2 is 1.77 bits per heavy atom. The number of carbonyl (C=O) groups excluding carboxylic acids is 1. The number of hydrogen-bond acceptors (Lipinski definition) is 7. The largest absolute Gasteiger partial charge is 0.490 e. The molecule has 3 rings (SSSR count). The molecule has 0 aliphatic carbocycles. The Bertz CT molecular complexity index is 762. The molecule has 0 bridgehead atoms. The number of hydrogen-bond donors (Lipinski definition) is 2. The zero-order chi connectivity index (χ0) is 21.9. The number of nitrogen functional groups attached to an aromatic ring is 1. The molecule has 0 radical (unpaired) electrons. The summed E-state index contributed by atoms with van der Waals surface area (Å²) in [6.07, 6.45) is 1.16. The fourth-order valence-electron chi connectivity index (χ4n) is 3.57. The summed E-state index contributed by atoms with van der Waals surface area (Å²) in [5.41, 5.74) is 5.65. The predicted molar refractivity (Wildman–Crippen MR) is 116 cm³/mol. The molecule has 2 aliphatic rings. The maximum absolute atomic E-state index is 12.2. The van der Waals surface area contributed by atoms with Gasteiger partial charge in [0.2, 0.25) is 0 Å². The molecule has 0 spiro atoms. The van der Waals surface area contributed by atoms with E-state index in [4.69, 9.17) is 20.6 Å². The first-order valence-corrected chi connectivity index (χ1v) is 10.6. The van der Waals surface area contributed by atoms with Gasteiger partial charge >= 0.3 is 6.09 Å². The van der Waals surface area contributed by atoms with Gasteiger partial charge in [-0.2, -0.15) is 0 Å². The summed E-state index contributed by atoms with van der Waals surface area (Å²) in [4.78, 5) is 23.0. The van der Waals surface area contributed by atoms with Gasteiger partial charge in [0.25, 0.3) is 0 Å². The third-order valence-electron chi connectivity index (χ3n) is 5.28. The summed E-state index contributed by atoms with van der Waals surface area (Å²) in [6, 6.07) is 3.65. The van der Waals surface area contributed by atoms with Crippen LogP contribution in [-0.2, 0) is 4.74 Å². The number of piperazine rings is 1. The minimum Gasteiger partial charge on any atom is -0.490 e. The summed E-state index contributed by atoms with van der Waals surface area (Å²) < 4.78 is 11.7. The van der Waals surface area contributed by atoms with E-state index < -0.39 is 5.60 Å². The van der Waals surface area contributed by atoms with E-state index >= 15 is 0 Å². The summed E-state index contributed by atoms with van der Waals surface area (Å²) in [6.45, 7) is 10.5. The SMILES string of the molecule is CN1CCN(c2cc(OC3CCN(C(=O)OC(C)(C)C)CC3)cc(C(=N)N)n2)CC1. The van der Waals surface area contributed by atoms with Crippen LogP contribution in [0.3, 0.4) is 0 Å². The van der Waals surface area contributed by atoms with E-state index in [2.05, 4.69) is 21.8 Å². The molecule has 9 nitrogen and oxygen atoms in total. The smallest absolute Gasteiger partial charge is 0.410 e. The number of likely N-dealkylation sites (tertiary alicyclic amines) is 1. The molecule has 0 unspecified atom stereocenters. The number of rotatable bonds is 4. The number of pyridine rings is 1. The van der Waals surface area contributed by atoms with Gasteiger partial charge in [-0.3, -0.25) is 5.41 Å². The Balaban J connectivity index is 1.64. The van der Waals surface area contributed by atoms with E-state index in [0.717, 1.165) is 44.8 Å². The average molecular weight is 419 g/mol. The normalized spacial score (nSPS) is 18.9. The van der Waals surface area contributed by atoms with Gasteiger partial charge < -0.3 is 29.9 Å². The number of nitrogens with two attached hydrogens (primary N) is 1. The molecule has 1 amide bonds. The summed E-state index contributed by atoms with van der Waals surface area (Å²) in [7, 11) is 2.11. The Labute approximate surface area is 178 Å². The van der Waals surface area contributed by atoms with Gasteiger partial charge in [0.05, 0.1) is 0 Å². The molecule has 3 heterocycles. The Morgan fingerprint density at radius 3 is 2.33 bits per heavy atom. The zero-order valence-corrected chi connectivity index (χ0v) is 18.5. The van der Waals surface area contributed by atoms with E-state index in [1.165, 1.54) is 0 Å². The number of likely N-dealkylation sites (N-methyl/N-ethyl adjacent to an activating group) is 1. The van der Waals surface area contributed by atoms with Gasteiger partial charge in [0.1, 0.15) is 34.8 Å². The number of carbonyl (C=O) groups is 1. The van der Waals surface area contributed by atoms with Crippen molar-refractivity contribution in [2.24, 2.45) is 5.73 Å². The van der Waals surface area contributed by atoms with Crippen molar-refractivity contribution >= 4 is 17.7 Å². The molecular formula is C21H34N6O3. The van der Waals surface area contributed by atoms with Gasteiger partial charge in [0, 0.05) is 64.2 Å². The number of nitrogens with zero attached hydrogens (tertiary/aromatic N) is 4. The second-order valence-corrected chi connectivity index (χ2v) is 9.03. The molecule has 1 aromatic heterocycles. The quantitative estimate of drug-likeness (QED) is 0.568. The van der Waals surface area contributed by atoms with Crippen LogP contribution in [0.15, 0.2) is 12.1 Å². The van der Waals surface area contributed by atoms with Gasteiger partial charge in [-0.1, -0.05) is 0 Å². The van der Waals surface area contributed by atoms with Crippen LogP contribution < -0.4 is 15.4 Å². The van der Waals surface area contributed by atoms with E-state index in [-0.39, 0.29) is 18.0 Å². The number of piperidine rings is 1. The lowest BCUT2D eigenvalue weighted by Gasteiger charge is -2.34. The highest BCUT2D eigenvalue weighted by Crippen LogP contribution is 2.25. The summed E-state index contributed by atoms with van der Waals surface area (Å²) >= 11 is 0. The molecule has 2 aliphatic heterocycles. The molecule has 9 heteroatoms. The second kappa shape index (κ2) is 9.07. The zero-order valence-electron chi connectivity index (χ0n) is 18.5. The number of amidine groups is 1. The van der Waals surface area contributed by atoms with Gasteiger partial charge in [0.15, 0.2) is 0 Å². The third kappa shape index (κ3) is 5.98. The Hall–Kier alpha value is -2.55. The summed E-state index contributed by atoms with van der Waals surface area (Å²) in [5, 5.41) is 7.81. The van der Waals surface area contributed by atoms with Crippen molar-refractivity contribution in [2.75, 3.05) is 51.2 Å². The van der Waals surface area contributed by atoms with Crippen molar-refractivity contribution in [3.05, 3.63) is 17.8 Å². The lowest BCUT2D eigenvalue weighted by Crippen LogP contribution is -2.45. The molecular weight excluding hydrogens is 384 g/mol. The first-order chi connectivity index (χ1) is 14.1. The number of amides is 1. The first-order valence-electron chi connectivity index (χ1n) is 10.6. The second-order valence-electron chi connectivity index (χ2n) is 9.03. The lowest BCUT2D eigenvalue weighted by atomic mass is 10.1. The molecule has 166 valence electrons. The minimum absolute atomic E-state index is 0.00812. The highest BCUT2D eigenvalue weighted by Gasteiger charge is 2.28. The molecule has 30 heavy (non-hydrogen) atoms. The molecule has 1 aromatic rings. The molecule has 0 atom stereocenters. The lowest BCUT2D eigenvalue weighted by molar-refractivity contribution is 0.0126. The van der Waals surface area contributed by atoms with Crippen LogP contribution >= 0.6 is 0 Å². The number of anilines is 1. The van der Waals surface area contributed by atoms with Crippen molar-refractivity contribution in [3.63, 3.8) is 0 Å². The summed E-state index contributed by atoms with van der Waals surface area (Å²) in [5.74, 6) is 1.38. The molecule has 2 fully saturated rings. The van der Waals surface area contributed by atoms with E-state index in [1.54, 1.807) is 11.0 Å². The fraction of sp³-hybridized carbons (Fsp3) is 0.667. The van der Waals surface area contributed by atoms with E-state index in [9.17, 15) is 4.79 Å². The van der Waals surface area contributed by atoms with Crippen LogP contribution in [-0.4, -0.2) is 84.7 Å². The number of aromatic nitrogens is 1. The maximum atomic E-state index is 12.2. The van der Waals surface area contributed by atoms with E-state index in [1.807, 2.05) is 26.8 Å². The number of ether oxygens (including phenoxy) is 2. The van der Waals surface area contributed by atoms with E-state index in [0.29, 0.717) is 24.5 Å². The predicted octanol–water partition coefficient (Wildman–Crippen LogP) is 1.90. The third-order valence-corrected chi connectivity index (χ3v) is 5.28. The van der Waals surface area contributed by atoms with Crippen LogP contribution in [0.25, 0.3) is 0 Å². The fourth-order valence-corrected chi connectivity index (χ4v) is 3.57. The van der Waals surface area contributed by atoms with Crippen molar-refractivity contribution < 1.29 is 14.3 Å². The highest BCUT2D eigenvalue weighted by atomic mass is 16.6. The monoisotopic (exact) mass is 418 g/mol. The van der Waals surface area contributed by atoms with Gasteiger partial charge in [-0.15, -0.1) is 0 Å². The van der Waals surface area contributed by atoms with Crippen molar-refractivity contribution in [3.8, 4) is 5.75 Å². The highest BCUT2D eigenvalue weighted by molar-refractivity contribution is 5.93. The van der Waals surface area contributed by atoms with Gasteiger partial charge in [-0.05, 0) is 27.8 Å². The van der Waals surface area contributed by atoms with Crippen molar-refractivity contribution in [2.45, 2.75) is 45.3 Å². The average Bonchev–Trinajstić information content (AvgIpc) is 2.67. The standard InChI is InChI=1S/C21H34N6O3/c1-21(2,3)30-20(28)27-7-5-15(6-8-27)29-16-13-17(19(22)23)24-18(14-16)26-11-9-25(4)10-12-26/h13-15H,5-12H2,1-4H3,(H3,22,23). The molecule has 0 saturated carbocycles. The molecule has 3 N–H and O–H groups in total. The molecule has 0 aromatic carbocycles. The Kier molecular flexibility index (Phi) is 6.70. The van der Waals surface area contributed by atoms with Crippen molar-refractivity contribution in [1.82, 2.24) is 14.8 Å². The van der Waals surface area contributed by atoms with Crippen LogP contribution in [0.5, 0.6) is 5.75 Å². The van der Waals surface area contributed by atoms with Crippen LogP contribution in [0.4, 0.5) is 10.6 Å². The first kappa shape index (κ1) is 22.1. The minimum atomic E-state index is -0.496. The number of nitrogens with one attached hydrogen (secondary N) is 1. The molecule has 2 saturated heterocycles. The van der Waals surface area contributed by atoms with Crippen LogP contribution in [0, 0.1) is 5.41 Å².